The van der Waals surface area contributed by atoms with Crippen molar-refractivity contribution in [3.05, 3.63) is 51.8 Å². The fourth-order valence-corrected chi connectivity index (χ4v) is 1.65. The highest BCUT2D eigenvalue weighted by Gasteiger charge is 2.19. The molecule has 1 aromatic heterocycles. The molecule has 0 aliphatic carbocycles. The van der Waals surface area contributed by atoms with Crippen LogP contribution in [0.15, 0.2) is 30.6 Å². The number of carboxylic acids is 1. The highest BCUT2D eigenvalue weighted by Crippen LogP contribution is 2.26. The number of hydrogen-bond acceptors (Lipinski definition) is 5. The van der Waals surface area contributed by atoms with Gasteiger partial charge in [0.15, 0.2) is 0 Å². The molecule has 0 aliphatic rings. The van der Waals surface area contributed by atoms with Gasteiger partial charge in [0.2, 0.25) is 0 Å². The van der Waals surface area contributed by atoms with Crippen LogP contribution in [0.25, 0.3) is 0 Å². The van der Waals surface area contributed by atoms with Crippen LogP contribution < -0.4 is 5.32 Å². The average Bonchev–Trinajstić information content (AvgIpc) is 2.85. The molecule has 0 bridgehead atoms. The number of hydrogen-bond donors (Lipinski definition) is 2. The Labute approximate surface area is 118 Å². The predicted octanol–water partition coefficient (Wildman–Crippen LogP) is 1.28. The molecule has 0 fully saturated rings. The van der Waals surface area contributed by atoms with E-state index in [0.717, 1.165) is 6.07 Å². The Morgan fingerprint density at radius 3 is 2.62 bits per heavy atom. The summed E-state index contributed by atoms with van der Waals surface area (Å²) < 4.78 is 1.41. The zero-order valence-electron chi connectivity index (χ0n) is 10.8. The van der Waals surface area contributed by atoms with Crippen molar-refractivity contribution in [3.63, 3.8) is 0 Å². The highest BCUT2D eigenvalue weighted by molar-refractivity contribution is 6.05. The van der Waals surface area contributed by atoms with Gasteiger partial charge in [0, 0.05) is 19.3 Å². The predicted molar refractivity (Wildman–Crippen MR) is 71.2 cm³/mol. The maximum Gasteiger partial charge on any atom is 0.335 e. The number of amides is 1. The van der Waals surface area contributed by atoms with E-state index < -0.39 is 22.5 Å². The van der Waals surface area contributed by atoms with Gasteiger partial charge in [-0.1, -0.05) is 0 Å². The van der Waals surface area contributed by atoms with E-state index in [-0.39, 0.29) is 16.8 Å². The van der Waals surface area contributed by atoms with Crippen LogP contribution in [0.4, 0.5) is 11.4 Å². The number of carbonyl (C=O) groups is 2. The van der Waals surface area contributed by atoms with E-state index in [0.29, 0.717) is 0 Å². The molecule has 1 heterocycles. The van der Waals surface area contributed by atoms with Crippen molar-refractivity contribution in [1.29, 1.82) is 0 Å². The summed E-state index contributed by atoms with van der Waals surface area (Å²) >= 11 is 0. The summed E-state index contributed by atoms with van der Waals surface area (Å²) in [6, 6.07) is 3.24. The second-order valence-corrected chi connectivity index (χ2v) is 4.15. The van der Waals surface area contributed by atoms with E-state index in [1.807, 2.05) is 0 Å². The lowest BCUT2D eigenvalue weighted by Crippen LogP contribution is -2.13. The van der Waals surface area contributed by atoms with E-state index in [4.69, 9.17) is 5.11 Å². The van der Waals surface area contributed by atoms with Gasteiger partial charge < -0.3 is 10.4 Å². The summed E-state index contributed by atoms with van der Waals surface area (Å²) in [5, 5.41) is 26.0. The molecule has 0 aliphatic heterocycles. The second kappa shape index (κ2) is 5.41. The number of carboxylic acid groups (broad SMARTS) is 1. The van der Waals surface area contributed by atoms with Gasteiger partial charge >= 0.3 is 5.97 Å². The smallest absolute Gasteiger partial charge is 0.335 e. The molecule has 9 nitrogen and oxygen atoms in total. The minimum Gasteiger partial charge on any atom is -0.478 e. The van der Waals surface area contributed by atoms with Crippen molar-refractivity contribution in [2.45, 2.75) is 0 Å². The molecule has 0 spiro atoms. The van der Waals surface area contributed by atoms with E-state index in [1.54, 1.807) is 7.05 Å². The van der Waals surface area contributed by atoms with Crippen molar-refractivity contribution in [1.82, 2.24) is 9.78 Å². The Balaban J connectivity index is 2.33. The Bertz CT molecular complexity index is 737. The van der Waals surface area contributed by atoms with Crippen LogP contribution in [0.2, 0.25) is 0 Å². The van der Waals surface area contributed by atoms with Crippen LogP contribution in [0.5, 0.6) is 0 Å². The number of anilines is 1. The Morgan fingerprint density at radius 1 is 1.38 bits per heavy atom. The number of aromatic nitrogens is 2. The molecule has 0 unspecified atom stereocenters. The number of aryl methyl sites for hydroxylation is 1. The van der Waals surface area contributed by atoms with E-state index in [2.05, 4.69) is 10.4 Å². The van der Waals surface area contributed by atoms with Crippen LogP contribution in [0.3, 0.4) is 0 Å². The molecule has 1 amide bonds. The lowest BCUT2D eigenvalue weighted by molar-refractivity contribution is -0.383. The lowest BCUT2D eigenvalue weighted by Gasteiger charge is -2.05. The Morgan fingerprint density at radius 2 is 2.10 bits per heavy atom. The van der Waals surface area contributed by atoms with Crippen molar-refractivity contribution in [2.24, 2.45) is 7.05 Å². The lowest BCUT2D eigenvalue weighted by atomic mass is 10.1. The first-order chi connectivity index (χ1) is 9.88. The minimum atomic E-state index is -1.29. The molecular weight excluding hydrogens is 280 g/mol. The number of nitrogens with zero attached hydrogens (tertiary/aromatic N) is 3. The zero-order valence-corrected chi connectivity index (χ0v) is 10.8. The summed E-state index contributed by atoms with van der Waals surface area (Å²) in [7, 11) is 1.63. The molecule has 21 heavy (non-hydrogen) atoms. The van der Waals surface area contributed by atoms with Gasteiger partial charge in [0.1, 0.15) is 5.69 Å². The highest BCUT2D eigenvalue weighted by atomic mass is 16.6. The number of nitrogens with one attached hydrogen (secondary N) is 1. The van der Waals surface area contributed by atoms with Crippen LogP contribution in [-0.4, -0.2) is 31.7 Å². The zero-order chi connectivity index (χ0) is 15.6. The fraction of sp³-hybridized carbons (Fsp3) is 0.0833. The number of benzene rings is 1. The van der Waals surface area contributed by atoms with Crippen molar-refractivity contribution >= 4 is 23.3 Å². The third kappa shape index (κ3) is 3.03. The first-order valence-electron chi connectivity index (χ1n) is 5.70. The molecule has 0 atom stereocenters. The van der Waals surface area contributed by atoms with Crippen molar-refractivity contribution < 1.29 is 19.6 Å². The third-order valence-electron chi connectivity index (χ3n) is 2.66. The van der Waals surface area contributed by atoms with Gasteiger partial charge in [-0.3, -0.25) is 19.6 Å². The van der Waals surface area contributed by atoms with Gasteiger partial charge in [-0.2, -0.15) is 5.10 Å². The summed E-state index contributed by atoms with van der Waals surface area (Å²) in [4.78, 5) is 32.9. The molecule has 2 aromatic rings. The number of aromatic carboxylic acids is 1. The normalized spacial score (nSPS) is 10.1. The third-order valence-corrected chi connectivity index (χ3v) is 2.66. The minimum absolute atomic E-state index is 0.0844. The van der Waals surface area contributed by atoms with Crippen molar-refractivity contribution in [3.8, 4) is 0 Å². The molecule has 9 heteroatoms. The molecule has 108 valence electrons. The molecular formula is C12H10N4O5. The van der Waals surface area contributed by atoms with Crippen LogP contribution >= 0.6 is 0 Å². The first kappa shape index (κ1) is 14.2. The molecule has 0 saturated carbocycles. The molecule has 0 saturated heterocycles. The average molecular weight is 290 g/mol. The van der Waals surface area contributed by atoms with Gasteiger partial charge in [-0.05, 0) is 12.1 Å². The largest absolute Gasteiger partial charge is 0.478 e. The van der Waals surface area contributed by atoms with E-state index in [1.165, 1.54) is 29.2 Å². The Kier molecular flexibility index (Phi) is 3.65. The number of nitro groups is 1. The van der Waals surface area contributed by atoms with E-state index in [9.17, 15) is 19.7 Å². The maximum atomic E-state index is 11.9. The standard InChI is InChI=1S/C12H10N4O5/c1-15-6-8(5-13-15)11(17)14-9-3-2-7(12(18)19)4-10(9)16(20)21/h2-6H,1H3,(H,14,17)(H,18,19). The Hall–Kier alpha value is -3.23. The number of nitro benzene ring substituents is 1. The van der Waals surface area contributed by atoms with Gasteiger partial charge in [-0.15, -0.1) is 0 Å². The molecule has 2 rings (SSSR count). The number of rotatable bonds is 4. The van der Waals surface area contributed by atoms with Gasteiger partial charge in [0.25, 0.3) is 11.6 Å². The quantitative estimate of drug-likeness (QED) is 0.644. The molecule has 0 radical (unpaired) electrons. The fourth-order valence-electron chi connectivity index (χ4n) is 1.65. The maximum absolute atomic E-state index is 11.9. The first-order valence-corrected chi connectivity index (χ1v) is 5.70. The van der Waals surface area contributed by atoms with Crippen molar-refractivity contribution in [2.75, 3.05) is 5.32 Å². The SMILES string of the molecule is Cn1cc(C(=O)Nc2ccc(C(=O)O)cc2[N+](=O)[O-])cn1. The monoisotopic (exact) mass is 290 g/mol. The van der Waals surface area contributed by atoms with Gasteiger partial charge in [0.05, 0.1) is 22.2 Å². The second-order valence-electron chi connectivity index (χ2n) is 4.15. The van der Waals surface area contributed by atoms with Crippen LogP contribution in [0, 0.1) is 10.1 Å². The van der Waals surface area contributed by atoms with Gasteiger partial charge in [-0.25, -0.2) is 4.79 Å². The van der Waals surface area contributed by atoms with Crippen LogP contribution in [0.1, 0.15) is 20.7 Å². The molecule has 1 aromatic carbocycles. The summed E-state index contributed by atoms with van der Waals surface area (Å²) in [6.07, 6.45) is 2.76. The molecule has 2 N–H and O–H groups in total. The summed E-state index contributed by atoms with van der Waals surface area (Å²) in [5.74, 6) is -1.86. The van der Waals surface area contributed by atoms with Crippen LogP contribution in [-0.2, 0) is 7.05 Å². The van der Waals surface area contributed by atoms with E-state index >= 15 is 0 Å². The summed E-state index contributed by atoms with van der Waals surface area (Å²) in [6.45, 7) is 0. The number of carbonyl (C=O) groups excluding carboxylic acids is 1. The summed E-state index contributed by atoms with van der Waals surface area (Å²) in [5.41, 5.74) is -0.582. The topological polar surface area (TPSA) is 127 Å².